The Balaban J connectivity index is 1.50. The van der Waals surface area contributed by atoms with E-state index in [-0.39, 0.29) is 11.9 Å². The van der Waals surface area contributed by atoms with Crippen LogP contribution >= 0.6 is 0 Å². The van der Waals surface area contributed by atoms with E-state index in [1.54, 1.807) is 38.9 Å². The van der Waals surface area contributed by atoms with Gasteiger partial charge in [0.1, 0.15) is 5.82 Å². The van der Waals surface area contributed by atoms with Crippen molar-refractivity contribution in [2.75, 3.05) is 32.2 Å². The monoisotopic (exact) mass is 328 g/mol. The van der Waals surface area contributed by atoms with E-state index >= 15 is 0 Å². The van der Waals surface area contributed by atoms with Crippen molar-refractivity contribution in [2.24, 2.45) is 0 Å². The van der Waals surface area contributed by atoms with Gasteiger partial charge >= 0.3 is 0 Å². The molecule has 1 N–H and O–H groups in total. The average Bonchev–Trinajstić information content (AvgIpc) is 2.58. The van der Waals surface area contributed by atoms with Gasteiger partial charge < -0.3 is 19.7 Å². The normalized spacial score (nSPS) is 14.0. The van der Waals surface area contributed by atoms with Crippen molar-refractivity contribution >= 4 is 11.7 Å². The second-order valence-corrected chi connectivity index (χ2v) is 5.60. The molecular weight excluding hydrogens is 308 g/mol. The lowest BCUT2D eigenvalue weighted by Gasteiger charge is -2.40. The summed E-state index contributed by atoms with van der Waals surface area (Å²) in [5.74, 6) is 2.11. The van der Waals surface area contributed by atoms with Crippen molar-refractivity contribution in [2.45, 2.75) is 12.5 Å². The Morgan fingerprint density at radius 3 is 2.71 bits per heavy atom. The Hall–Kier alpha value is -2.83. The number of methoxy groups -OCH3 is 2. The van der Waals surface area contributed by atoms with E-state index in [2.05, 4.69) is 20.2 Å². The number of carbonyl (C=O) groups excluding carboxylic acids is 1. The number of hydrogen-bond acceptors (Lipinski definition) is 6. The molecule has 2 aromatic rings. The average molecular weight is 328 g/mol. The second kappa shape index (κ2) is 7.16. The maximum atomic E-state index is 12.2. The molecule has 24 heavy (non-hydrogen) atoms. The molecule has 126 valence electrons. The third-order valence-electron chi connectivity index (χ3n) is 3.93. The van der Waals surface area contributed by atoms with Gasteiger partial charge in [-0.05, 0) is 17.7 Å². The van der Waals surface area contributed by atoms with Crippen LogP contribution < -0.4 is 19.7 Å². The molecule has 7 heteroatoms. The summed E-state index contributed by atoms with van der Waals surface area (Å²) in [5.41, 5.74) is 0.884. The van der Waals surface area contributed by atoms with Crippen molar-refractivity contribution in [1.82, 2.24) is 15.3 Å². The molecule has 1 aliphatic rings. The summed E-state index contributed by atoms with van der Waals surface area (Å²) in [5, 5.41) is 3.03. The first-order valence-electron chi connectivity index (χ1n) is 7.71. The zero-order valence-corrected chi connectivity index (χ0v) is 13.7. The first kappa shape index (κ1) is 16.0. The Morgan fingerprint density at radius 1 is 1.25 bits per heavy atom. The van der Waals surface area contributed by atoms with Crippen LogP contribution in [0.1, 0.15) is 5.56 Å². The first-order chi connectivity index (χ1) is 11.7. The van der Waals surface area contributed by atoms with E-state index in [0.29, 0.717) is 17.9 Å². The number of carbonyl (C=O) groups is 1. The highest BCUT2D eigenvalue weighted by atomic mass is 16.5. The van der Waals surface area contributed by atoms with Gasteiger partial charge in [0.15, 0.2) is 11.5 Å². The molecule has 0 saturated carbocycles. The van der Waals surface area contributed by atoms with E-state index in [9.17, 15) is 4.79 Å². The van der Waals surface area contributed by atoms with Gasteiger partial charge in [0.2, 0.25) is 5.91 Å². The first-order valence-corrected chi connectivity index (χ1v) is 7.71. The van der Waals surface area contributed by atoms with Gasteiger partial charge in [0.05, 0.1) is 32.9 Å². The van der Waals surface area contributed by atoms with Gasteiger partial charge in [-0.2, -0.15) is 0 Å². The van der Waals surface area contributed by atoms with Gasteiger partial charge in [-0.1, -0.05) is 6.07 Å². The predicted octanol–water partition coefficient (Wildman–Crippen LogP) is 1.04. The van der Waals surface area contributed by atoms with Crippen LogP contribution in [0.25, 0.3) is 0 Å². The maximum Gasteiger partial charge on any atom is 0.224 e. The molecular formula is C17H20N4O3. The molecule has 1 amide bonds. The molecule has 7 nitrogen and oxygen atoms in total. The Morgan fingerprint density at radius 2 is 2.04 bits per heavy atom. The van der Waals surface area contributed by atoms with Crippen molar-refractivity contribution in [3.05, 3.63) is 42.4 Å². The Kier molecular flexibility index (Phi) is 4.79. The van der Waals surface area contributed by atoms with Crippen molar-refractivity contribution in [3.63, 3.8) is 0 Å². The fourth-order valence-electron chi connectivity index (χ4n) is 2.67. The quantitative estimate of drug-likeness (QED) is 0.854. The third kappa shape index (κ3) is 3.56. The van der Waals surface area contributed by atoms with Crippen molar-refractivity contribution in [1.29, 1.82) is 0 Å². The van der Waals surface area contributed by atoms with Gasteiger partial charge in [-0.15, -0.1) is 0 Å². The molecule has 1 aromatic carbocycles. The largest absolute Gasteiger partial charge is 0.493 e. The van der Waals surface area contributed by atoms with Crippen LogP contribution in [0.5, 0.6) is 11.5 Å². The molecule has 1 fully saturated rings. The highest BCUT2D eigenvalue weighted by Crippen LogP contribution is 2.27. The van der Waals surface area contributed by atoms with E-state index in [4.69, 9.17) is 9.47 Å². The van der Waals surface area contributed by atoms with Gasteiger partial charge in [-0.3, -0.25) is 9.78 Å². The second-order valence-electron chi connectivity index (χ2n) is 5.60. The van der Waals surface area contributed by atoms with E-state index in [1.807, 2.05) is 12.1 Å². The highest BCUT2D eigenvalue weighted by molar-refractivity contribution is 5.79. The smallest absolute Gasteiger partial charge is 0.224 e. The minimum atomic E-state index is -0.00832. The van der Waals surface area contributed by atoms with Crippen LogP contribution in [0.4, 0.5) is 5.82 Å². The highest BCUT2D eigenvalue weighted by Gasteiger charge is 2.29. The van der Waals surface area contributed by atoms with Crippen LogP contribution in [0.2, 0.25) is 0 Å². The van der Waals surface area contributed by atoms with E-state index in [1.165, 1.54) is 0 Å². The number of benzene rings is 1. The van der Waals surface area contributed by atoms with E-state index in [0.717, 1.165) is 24.5 Å². The standard InChI is InChI=1S/C17H20N4O3/c1-23-14-4-3-12(7-15(14)24-2)8-17(22)20-13-10-21(11-13)16-9-18-5-6-19-16/h3-7,9,13H,8,10-11H2,1-2H3,(H,20,22). The minimum Gasteiger partial charge on any atom is -0.493 e. The molecule has 0 radical (unpaired) electrons. The topological polar surface area (TPSA) is 76.6 Å². The molecule has 0 aliphatic carbocycles. The molecule has 2 heterocycles. The molecule has 0 unspecified atom stereocenters. The summed E-state index contributed by atoms with van der Waals surface area (Å²) in [6, 6.07) is 5.64. The molecule has 1 aromatic heterocycles. The minimum absolute atomic E-state index is 0.00832. The predicted molar refractivity (Wildman–Crippen MR) is 89.4 cm³/mol. The number of aromatic nitrogens is 2. The zero-order valence-electron chi connectivity index (χ0n) is 13.7. The van der Waals surface area contributed by atoms with Crippen LogP contribution in [-0.4, -0.2) is 49.2 Å². The van der Waals surface area contributed by atoms with Crippen molar-refractivity contribution in [3.8, 4) is 11.5 Å². The summed E-state index contributed by atoms with van der Waals surface area (Å²) in [6.45, 7) is 1.49. The van der Waals surface area contributed by atoms with Gasteiger partial charge in [0.25, 0.3) is 0 Å². The lowest BCUT2D eigenvalue weighted by molar-refractivity contribution is -0.121. The zero-order chi connectivity index (χ0) is 16.9. The Bertz CT molecular complexity index is 702. The summed E-state index contributed by atoms with van der Waals surface area (Å²) in [6.07, 6.45) is 5.34. The van der Waals surface area contributed by atoms with Crippen molar-refractivity contribution < 1.29 is 14.3 Å². The van der Waals surface area contributed by atoms with Gasteiger partial charge in [-0.25, -0.2) is 4.98 Å². The number of nitrogens with one attached hydrogen (secondary N) is 1. The number of anilines is 1. The summed E-state index contributed by atoms with van der Waals surface area (Å²) in [7, 11) is 3.17. The molecule has 0 spiro atoms. The maximum absolute atomic E-state index is 12.2. The lowest BCUT2D eigenvalue weighted by Crippen LogP contribution is -2.60. The summed E-state index contributed by atoms with van der Waals surface area (Å²) in [4.78, 5) is 22.5. The number of ether oxygens (including phenoxy) is 2. The summed E-state index contributed by atoms with van der Waals surface area (Å²) < 4.78 is 10.5. The van der Waals surface area contributed by atoms with E-state index < -0.39 is 0 Å². The van der Waals surface area contributed by atoms with Crippen LogP contribution in [0, 0.1) is 0 Å². The SMILES string of the molecule is COc1ccc(CC(=O)NC2CN(c3cnccn3)C2)cc1OC. The number of nitrogens with zero attached hydrogens (tertiary/aromatic N) is 3. The molecule has 0 bridgehead atoms. The van der Waals surface area contributed by atoms with Gasteiger partial charge in [0, 0.05) is 25.5 Å². The number of rotatable bonds is 6. The fourth-order valence-corrected chi connectivity index (χ4v) is 2.67. The molecule has 1 saturated heterocycles. The molecule has 1 aliphatic heterocycles. The number of amides is 1. The van der Waals surface area contributed by atoms with Crippen LogP contribution in [0.3, 0.4) is 0 Å². The summed E-state index contributed by atoms with van der Waals surface area (Å²) >= 11 is 0. The molecule has 3 rings (SSSR count). The van der Waals surface area contributed by atoms with Crippen LogP contribution in [-0.2, 0) is 11.2 Å². The third-order valence-corrected chi connectivity index (χ3v) is 3.93. The Labute approximate surface area is 140 Å². The van der Waals surface area contributed by atoms with Crippen LogP contribution in [0.15, 0.2) is 36.8 Å². The molecule has 0 atom stereocenters. The number of hydrogen-bond donors (Lipinski definition) is 1. The fraction of sp³-hybridized carbons (Fsp3) is 0.353. The lowest BCUT2D eigenvalue weighted by atomic mass is 10.1.